The molecule has 0 nitrogen and oxygen atoms in total. The fourth-order valence-electron chi connectivity index (χ4n) is 3.98. The first-order chi connectivity index (χ1) is 13.2. The van der Waals surface area contributed by atoms with E-state index in [-0.39, 0.29) is 0 Å². The van der Waals surface area contributed by atoms with Gasteiger partial charge in [0.15, 0.2) is 0 Å². The van der Waals surface area contributed by atoms with Gasteiger partial charge in [0.1, 0.15) is 0 Å². The Labute approximate surface area is 181 Å². The predicted octanol–water partition coefficient (Wildman–Crippen LogP) is 10.4. The Bertz CT molecular complexity index is 323. The molecule has 2 heteroatoms. The van der Waals surface area contributed by atoms with Crippen LogP contribution in [-0.2, 0) is 0 Å². The summed E-state index contributed by atoms with van der Waals surface area (Å²) in [5.74, 6) is 0. The van der Waals surface area contributed by atoms with Crippen molar-refractivity contribution in [3.63, 3.8) is 0 Å². The highest BCUT2D eigenvalue weighted by Gasteiger charge is 2.15. The van der Waals surface area contributed by atoms with E-state index in [2.05, 4.69) is 43.5 Å². The Balaban J connectivity index is 4.84. The maximum absolute atomic E-state index is 4.04. The molecular weight excluding hydrogens is 391 g/mol. The Morgan fingerprint density at radius 2 is 0.963 bits per heavy atom. The number of allylic oxidation sites excluding steroid dienone is 2. The molecule has 0 saturated heterocycles. The van der Waals surface area contributed by atoms with Gasteiger partial charge in [-0.3, -0.25) is 0 Å². The van der Waals surface area contributed by atoms with Crippen LogP contribution in [0.5, 0.6) is 0 Å². The molecule has 0 radical (unpaired) electrons. The van der Waals surface area contributed by atoms with Gasteiger partial charge in [0.05, 0.1) is 0 Å². The minimum atomic E-state index is 0.697. The number of unbranched alkanes of at least 4 members (excludes halogenated alkanes) is 10. The average molecular weight is 441 g/mol. The minimum Gasteiger partial charge on any atom is -0.156 e. The summed E-state index contributed by atoms with van der Waals surface area (Å²) in [6, 6.07) is 0. The maximum Gasteiger partial charge on any atom is 0.226 e. The highest BCUT2D eigenvalue weighted by molar-refractivity contribution is 9.24. The number of rotatable bonds is 20. The Kier molecular flexibility index (Phi) is 21.2. The van der Waals surface area contributed by atoms with Gasteiger partial charge in [-0.15, -0.1) is 0 Å². The van der Waals surface area contributed by atoms with Crippen molar-refractivity contribution in [3.05, 3.63) is 11.1 Å². The van der Waals surface area contributed by atoms with Crippen molar-refractivity contribution in [1.29, 1.82) is 0 Å². The molecule has 0 aromatic rings. The lowest BCUT2D eigenvalue weighted by atomic mass is 9.65. The molecule has 0 aliphatic carbocycles. The van der Waals surface area contributed by atoms with Crippen molar-refractivity contribution in [3.8, 4) is 0 Å². The third-order valence-corrected chi connectivity index (χ3v) is 6.62. The molecule has 0 amide bonds. The predicted molar refractivity (Wildman–Crippen MR) is 133 cm³/mol. The van der Waals surface area contributed by atoms with Crippen LogP contribution in [0.2, 0.25) is 12.6 Å². The van der Waals surface area contributed by atoms with E-state index in [1.807, 2.05) is 11.1 Å². The van der Waals surface area contributed by atoms with Crippen LogP contribution < -0.4 is 0 Å². The summed E-state index contributed by atoms with van der Waals surface area (Å²) >= 11 is 4.04. The number of hydrogen-bond donors (Lipinski definition) is 0. The van der Waals surface area contributed by atoms with E-state index in [4.69, 9.17) is 0 Å². The van der Waals surface area contributed by atoms with Gasteiger partial charge in [-0.2, -0.15) is 15.8 Å². The molecule has 0 heterocycles. The van der Waals surface area contributed by atoms with E-state index < -0.39 is 0 Å². The molecule has 0 aliphatic rings. The van der Waals surface area contributed by atoms with Gasteiger partial charge in [0.2, 0.25) is 5.54 Å². The van der Waals surface area contributed by atoms with E-state index in [0.29, 0.717) is 5.54 Å². The largest absolute Gasteiger partial charge is 0.226 e. The SMILES string of the molecule is CCCCCCB(Br)CC(CCCC)=C(CCCCCC)CCCCCC. The molecule has 0 spiro atoms. The molecule has 0 aliphatic heterocycles. The van der Waals surface area contributed by atoms with Crippen molar-refractivity contribution < 1.29 is 0 Å². The summed E-state index contributed by atoms with van der Waals surface area (Å²) < 4.78 is 0. The van der Waals surface area contributed by atoms with Gasteiger partial charge in [-0.25, -0.2) is 0 Å². The van der Waals surface area contributed by atoms with Crippen LogP contribution in [0.25, 0.3) is 0 Å². The van der Waals surface area contributed by atoms with Crippen LogP contribution in [0.3, 0.4) is 0 Å². The number of halogens is 1. The fourth-order valence-corrected chi connectivity index (χ4v) is 4.70. The zero-order valence-electron chi connectivity index (χ0n) is 19.4. The second kappa shape index (κ2) is 21.0. The zero-order valence-corrected chi connectivity index (χ0v) is 21.0. The highest BCUT2D eigenvalue weighted by Crippen LogP contribution is 2.30. The molecule has 0 atom stereocenters. The van der Waals surface area contributed by atoms with E-state index in [1.54, 1.807) is 0 Å². The molecular formula is C25H50BBr. The molecule has 0 fully saturated rings. The second-order valence-electron chi connectivity index (χ2n) is 8.58. The quantitative estimate of drug-likeness (QED) is 0.100. The number of hydrogen-bond acceptors (Lipinski definition) is 0. The third-order valence-electron chi connectivity index (χ3n) is 5.84. The standard InChI is InChI=1S/C25H50BBr/c1-5-9-13-16-20-24(21-17-14-10-6-2)25(19-12-8-4)23-26(27)22-18-15-11-7-3/h5-23H2,1-4H3. The lowest BCUT2D eigenvalue weighted by molar-refractivity contribution is 0.615. The Morgan fingerprint density at radius 1 is 0.519 bits per heavy atom. The van der Waals surface area contributed by atoms with Gasteiger partial charge in [-0.05, 0) is 44.8 Å². The third kappa shape index (κ3) is 16.9. The van der Waals surface area contributed by atoms with Crippen LogP contribution in [0.4, 0.5) is 0 Å². The van der Waals surface area contributed by atoms with Gasteiger partial charge in [-0.1, -0.05) is 116 Å². The average Bonchev–Trinajstić information content (AvgIpc) is 2.67. The molecule has 0 unspecified atom stereocenters. The lowest BCUT2D eigenvalue weighted by Crippen LogP contribution is -2.07. The van der Waals surface area contributed by atoms with Crippen LogP contribution >= 0.6 is 15.8 Å². The van der Waals surface area contributed by atoms with Crippen LogP contribution in [-0.4, -0.2) is 5.54 Å². The summed E-state index contributed by atoms with van der Waals surface area (Å²) in [6.07, 6.45) is 26.2. The van der Waals surface area contributed by atoms with Gasteiger partial charge < -0.3 is 0 Å². The molecule has 0 aromatic heterocycles. The van der Waals surface area contributed by atoms with Gasteiger partial charge >= 0.3 is 0 Å². The van der Waals surface area contributed by atoms with Crippen molar-refractivity contribution in [2.75, 3.05) is 0 Å². The minimum absolute atomic E-state index is 0.697. The highest BCUT2D eigenvalue weighted by atomic mass is 79.9. The molecule has 0 N–H and O–H groups in total. The second-order valence-corrected chi connectivity index (χ2v) is 9.88. The van der Waals surface area contributed by atoms with Crippen molar-refractivity contribution in [2.45, 2.75) is 149 Å². The summed E-state index contributed by atoms with van der Waals surface area (Å²) in [4.78, 5) is 0. The smallest absolute Gasteiger partial charge is 0.156 e. The van der Waals surface area contributed by atoms with Crippen molar-refractivity contribution in [2.24, 2.45) is 0 Å². The van der Waals surface area contributed by atoms with E-state index in [9.17, 15) is 0 Å². The van der Waals surface area contributed by atoms with Crippen molar-refractivity contribution >= 4 is 21.3 Å². The van der Waals surface area contributed by atoms with Gasteiger partial charge in [0, 0.05) is 0 Å². The Morgan fingerprint density at radius 3 is 1.44 bits per heavy atom. The lowest BCUT2D eigenvalue weighted by Gasteiger charge is -2.18. The first-order valence-electron chi connectivity index (χ1n) is 12.5. The molecule has 0 bridgehead atoms. The molecule has 0 aromatic carbocycles. The van der Waals surface area contributed by atoms with Gasteiger partial charge in [0.25, 0.3) is 0 Å². The summed E-state index contributed by atoms with van der Waals surface area (Å²) in [7, 11) is 0. The van der Waals surface area contributed by atoms with Crippen molar-refractivity contribution in [1.82, 2.24) is 0 Å². The molecule has 27 heavy (non-hydrogen) atoms. The summed E-state index contributed by atoms with van der Waals surface area (Å²) in [6.45, 7) is 9.29. The summed E-state index contributed by atoms with van der Waals surface area (Å²) in [5.41, 5.74) is 4.39. The molecule has 0 saturated carbocycles. The van der Waals surface area contributed by atoms with Crippen LogP contribution in [0.1, 0.15) is 137 Å². The van der Waals surface area contributed by atoms with E-state index in [1.165, 1.54) is 122 Å². The molecule has 160 valence electrons. The topological polar surface area (TPSA) is 0 Å². The first kappa shape index (κ1) is 27.3. The maximum atomic E-state index is 4.04. The van der Waals surface area contributed by atoms with E-state index in [0.717, 1.165) is 0 Å². The zero-order chi connectivity index (χ0) is 20.2. The monoisotopic (exact) mass is 440 g/mol. The van der Waals surface area contributed by atoms with Crippen LogP contribution in [0, 0.1) is 0 Å². The normalized spacial score (nSPS) is 11.0. The molecule has 0 rings (SSSR count). The Hall–Kier alpha value is 0.285. The summed E-state index contributed by atoms with van der Waals surface area (Å²) in [5, 5.41) is 0. The van der Waals surface area contributed by atoms with Crippen LogP contribution in [0.15, 0.2) is 11.1 Å². The first-order valence-corrected chi connectivity index (χ1v) is 13.4. The fraction of sp³-hybridized carbons (Fsp3) is 0.920. The van der Waals surface area contributed by atoms with E-state index >= 15 is 0 Å².